The van der Waals surface area contributed by atoms with Gasteiger partial charge in [-0.05, 0) is 57.5 Å². The van der Waals surface area contributed by atoms with Crippen LogP contribution in [0.4, 0.5) is 0 Å². The first kappa shape index (κ1) is 17.2. The van der Waals surface area contributed by atoms with Gasteiger partial charge in [-0.3, -0.25) is 0 Å². The summed E-state index contributed by atoms with van der Waals surface area (Å²) in [5, 5.41) is 13.6. The van der Waals surface area contributed by atoms with E-state index in [-0.39, 0.29) is 6.10 Å². The molecule has 2 rings (SSSR count). The first-order chi connectivity index (χ1) is 10.0. The maximum absolute atomic E-state index is 10.1. The number of nitrogens with zero attached hydrogens (tertiary/aromatic N) is 1. The zero-order chi connectivity index (χ0) is 15.2. The second-order valence-electron chi connectivity index (χ2n) is 7.41. The maximum atomic E-state index is 10.1. The van der Waals surface area contributed by atoms with Crippen molar-refractivity contribution < 1.29 is 9.84 Å². The van der Waals surface area contributed by atoms with E-state index < -0.39 is 0 Å². The van der Waals surface area contributed by atoms with Crippen LogP contribution >= 0.6 is 0 Å². The van der Waals surface area contributed by atoms with Crippen LogP contribution in [0.1, 0.15) is 46.0 Å². The van der Waals surface area contributed by atoms with Crippen molar-refractivity contribution in [2.24, 2.45) is 11.8 Å². The van der Waals surface area contributed by atoms with Crippen molar-refractivity contribution in [3.63, 3.8) is 0 Å². The van der Waals surface area contributed by atoms with Crippen LogP contribution in [0.5, 0.6) is 0 Å². The van der Waals surface area contributed by atoms with Crippen molar-refractivity contribution in [3.05, 3.63) is 0 Å². The lowest BCUT2D eigenvalue weighted by Crippen LogP contribution is -2.49. The second kappa shape index (κ2) is 8.47. The Kier molecular flexibility index (Phi) is 6.93. The molecule has 0 amide bonds. The highest BCUT2D eigenvalue weighted by Gasteiger charge is 2.24. The molecule has 4 heteroatoms. The van der Waals surface area contributed by atoms with Gasteiger partial charge < -0.3 is 20.1 Å². The fourth-order valence-electron chi connectivity index (χ4n) is 3.65. The van der Waals surface area contributed by atoms with Crippen LogP contribution in [0.15, 0.2) is 0 Å². The molecule has 3 unspecified atom stereocenters. The SMILES string of the molecule is CC1CCC(OCC(O)CNC2CCN(C)CC2C)CC1. The summed E-state index contributed by atoms with van der Waals surface area (Å²) in [4.78, 5) is 2.38. The minimum absolute atomic E-state index is 0.373. The molecule has 1 saturated heterocycles. The largest absolute Gasteiger partial charge is 0.389 e. The van der Waals surface area contributed by atoms with Crippen LogP contribution in [-0.2, 0) is 4.74 Å². The van der Waals surface area contributed by atoms with E-state index in [2.05, 4.69) is 31.1 Å². The molecule has 3 atom stereocenters. The summed E-state index contributed by atoms with van der Waals surface area (Å²) in [6, 6.07) is 0.534. The van der Waals surface area contributed by atoms with Gasteiger partial charge in [-0.15, -0.1) is 0 Å². The van der Waals surface area contributed by atoms with Crippen LogP contribution < -0.4 is 5.32 Å². The van der Waals surface area contributed by atoms with Gasteiger partial charge in [0.2, 0.25) is 0 Å². The maximum Gasteiger partial charge on any atom is 0.0897 e. The van der Waals surface area contributed by atoms with Crippen molar-refractivity contribution in [1.82, 2.24) is 10.2 Å². The Bertz CT molecular complexity index is 293. The van der Waals surface area contributed by atoms with Crippen LogP contribution in [0.2, 0.25) is 0 Å². The molecule has 2 N–H and O–H groups in total. The first-order valence-corrected chi connectivity index (χ1v) is 8.76. The van der Waals surface area contributed by atoms with Gasteiger partial charge in [0.15, 0.2) is 0 Å². The summed E-state index contributed by atoms with van der Waals surface area (Å²) in [6.45, 7) is 8.03. The van der Waals surface area contributed by atoms with Gasteiger partial charge >= 0.3 is 0 Å². The number of nitrogens with one attached hydrogen (secondary N) is 1. The summed E-state index contributed by atoms with van der Waals surface area (Å²) >= 11 is 0. The van der Waals surface area contributed by atoms with E-state index in [1.54, 1.807) is 0 Å². The number of hydrogen-bond donors (Lipinski definition) is 2. The van der Waals surface area contributed by atoms with Crippen LogP contribution in [0, 0.1) is 11.8 Å². The Labute approximate surface area is 130 Å². The summed E-state index contributed by atoms with van der Waals surface area (Å²) in [5.74, 6) is 1.50. The lowest BCUT2D eigenvalue weighted by molar-refractivity contribution is -0.0293. The number of piperidine rings is 1. The summed E-state index contributed by atoms with van der Waals surface area (Å²) in [6.07, 6.45) is 6.03. The number of aliphatic hydroxyl groups excluding tert-OH is 1. The zero-order valence-corrected chi connectivity index (χ0v) is 14.1. The van der Waals surface area contributed by atoms with Gasteiger partial charge in [0.25, 0.3) is 0 Å². The standard InChI is InChI=1S/C17H34N2O2/c1-13-4-6-16(7-5-13)21-12-15(20)10-18-17-8-9-19(3)11-14(17)2/h13-18,20H,4-12H2,1-3H3. The van der Waals surface area contributed by atoms with E-state index in [9.17, 15) is 5.11 Å². The molecule has 124 valence electrons. The minimum Gasteiger partial charge on any atom is -0.389 e. The molecule has 0 aromatic rings. The number of ether oxygens (including phenoxy) is 1. The van der Waals surface area contributed by atoms with Gasteiger partial charge in [-0.1, -0.05) is 13.8 Å². The Morgan fingerprint density at radius 3 is 2.57 bits per heavy atom. The molecule has 1 saturated carbocycles. The third kappa shape index (κ3) is 5.85. The third-order valence-corrected chi connectivity index (χ3v) is 5.21. The van der Waals surface area contributed by atoms with Gasteiger partial charge in [-0.2, -0.15) is 0 Å². The number of likely N-dealkylation sites (tertiary alicyclic amines) is 1. The number of rotatable bonds is 6. The molecule has 2 fully saturated rings. The molecule has 0 spiro atoms. The molecule has 21 heavy (non-hydrogen) atoms. The van der Waals surface area contributed by atoms with Crippen molar-refractivity contribution in [2.45, 2.75) is 64.2 Å². The molecular formula is C17H34N2O2. The minimum atomic E-state index is -0.379. The van der Waals surface area contributed by atoms with E-state index in [0.29, 0.717) is 31.2 Å². The quantitative estimate of drug-likeness (QED) is 0.786. The fraction of sp³-hybridized carbons (Fsp3) is 1.00. The Hall–Kier alpha value is -0.160. The third-order valence-electron chi connectivity index (χ3n) is 5.21. The van der Waals surface area contributed by atoms with Crippen LogP contribution in [-0.4, -0.2) is 61.5 Å². The van der Waals surface area contributed by atoms with E-state index >= 15 is 0 Å². The molecule has 0 bridgehead atoms. The predicted molar refractivity (Wildman–Crippen MR) is 86.4 cm³/mol. The van der Waals surface area contributed by atoms with Gasteiger partial charge in [-0.25, -0.2) is 0 Å². The highest BCUT2D eigenvalue weighted by molar-refractivity contribution is 4.82. The van der Waals surface area contributed by atoms with Gasteiger partial charge in [0.05, 0.1) is 18.8 Å². The summed E-state index contributed by atoms with van der Waals surface area (Å²) < 4.78 is 5.88. The van der Waals surface area contributed by atoms with Crippen LogP contribution in [0.3, 0.4) is 0 Å². The average Bonchev–Trinajstić information content (AvgIpc) is 2.46. The van der Waals surface area contributed by atoms with E-state index in [0.717, 1.165) is 31.8 Å². The van der Waals surface area contributed by atoms with Crippen molar-refractivity contribution in [3.8, 4) is 0 Å². The zero-order valence-electron chi connectivity index (χ0n) is 14.1. The fourth-order valence-corrected chi connectivity index (χ4v) is 3.65. The molecule has 0 aromatic heterocycles. The lowest BCUT2D eigenvalue weighted by Gasteiger charge is -2.36. The van der Waals surface area contributed by atoms with Gasteiger partial charge in [0, 0.05) is 19.1 Å². The number of aliphatic hydroxyl groups is 1. The molecule has 2 aliphatic rings. The normalized spacial score (nSPS) is 36.6. The van der Waals surface area contributed by atoms with Crippen molar-refractivity contribution in [2.75, 3.05) is 33.3 Å². The predicted octanol–water partition coefficient (Wildman–Crippen LogP) is 1.87. The highest BCUT2D eigenvalue weighted by Crippen LogP contribution is 2.25. The Morgan fingerprint density at radius 2 is 1.90 bits per heavy atom. The topological polar surface area (TPSA) is 44.7 Å². The Balaban J connectivity index is 1.58. The molecule has 0 radical (unpaired) electrons. The summed E-state index contributed by atoms with van der Waals surface area (Å²) in [7, 11) is 2.18. The van der Waals surface area contributed by atoms with Gasteiger partial charge in [0.1, 0.15) is 0 Å². The summed E-state index contributed by atoms with van der Waals surface area (Å²) in [5.41, 5.74) is 0. The molecule has 1 heterocycles. The molecule has 4 nitrogen and oxygen atoms in total. The van der Waals surface area contributed by atoms with E-state index in [4.69, 9.17) is 4.74 Å². The smallest absolute Gasteiger partial charge is 0.0897 e. The van der Waals surface area contributed by atoms with E-state index in [1.807, 2.05) is 0 Å². The van der Waals surface area contributed by atoms with Crippen molar-refractivity contribution >= 4 is 0 Å². The molecule has 1 aliphatic carbocycles. The van der Waals surface area contributed by atoms with Crippen molar-refractivity contribution in [1.29, 1.82) is 0 Å². The molecule has 1 aliphatic heterocycles. The van der Waals surface area contributed by atoms with E-state index in [1.165, 1.54) is 19.3 Å². The second-order valence-corrected chi connectivity index (χ2v) is 7.41. The average molecular weight is 298 g/mol. The highest BCUT2D eigenvalue weighted by atomic mass is 16.5. The number of hydrogen-bond acceptors (Lipinski definition) is 4. The monoisotopic (exact) mass is 298 g/mol. The first-order valence-electron chi connectivity index (χ1n) is 8.76. The lowest BCUT2D eigenvalue weighted by atomic mass is 9.89. The Morgan fingerprint density at radius 1 is 1.19 bits per heavy atom. The molecular weight excluding hydrogens is 264 g/mol. The van der Waals surface area contributed by atoms with Crippen LogP contribution in [0.25, 0.3) is 0 Å². The molecule has 0 aromatic carbocycles.